The Morgan fingerprint density at radius 2 is 2.21 bits per heavy atom. The summed E-state index contributed by atoms with van der Waals surface area (Å²) in [5, 5.41) is 11.5. The molecule has 2 rings (SSSR count). The minimum atomic E-state index is -1.06. The molecule has 0 radical (unpaired) electrons. The average Bonchev–Trinajstić information content (AvgIpc) is 2.83. The van der Waals surface area contributed by atoms with E-state index in [4.69, 9.17) is 10.8 Å². The quantitative estimate of drug-likeness (QED) is 0.734. The fourth-order valence-electron chi connectivity index (χ4n) is 2.29. The van der Waals surface area contributed by atoms with Crippen LogP contribution < -0.4 is 11.1 Å². The number of carboxylic acid groups (broad SMARTS) is 1. The first kappa shape index (κ1) is 13.5. The Balaban J connectivity index is 1.88. The van der Waals surface area contributed by atoms with Gasteiger partial charge < -0.3 is 16.2 Å². The van der Waals surface area contributed by atoms with E-state index in [1.165, 1.54) is 12.3 Å². The lowest BCUT2D eigenvalue weighted by Gasteiger charge is -2.15. The van der Waals surface area contributed by atoms with Gasteiger partial charge in [0.1, 0.15) is 5.69 Å². The summed E-state index contributed by atoms with van der Waals surface area (Å²) < 4.78 is 0. The molecule has 1 heterocycles. The Kier molecular flexibility index (Phi) is 4.11. The van der Waals surface area contributed by atoms with Crippen molar-refractivity contribution >= 4 is 11.9 Å². The summed E-state index contributed by atoms with van der Waals surface area (Å²) in [6.45, 7) is 0.342. The van der Waals surface area contributed by atoms with E-state index in [9.17, 15) is 9.59 Å². The maximum atomic E-state index is 11.9. The Hall–Kier alpha value is -1.95. The molecule has 1 aromatic heterocycles. The summed E-state index contributed by atoms with van der Waals surface area (Å²) in [7, 11) is 0. The summed E-state index contributed by atoms with van der Waals surface area (Å²) >= 11 is 0. The van der Waals surface area contributed by atoms with Crippen molar-refractivity contribution < 1.29 is 14.7 Å². The number of aromatic nitrogens is 1. The summed E-state index contributed by atoms with van der Waals surface area (Å²) in [5.41, 5.74) is 6.63. The van der Waals surface area contributed by atoms with Crippen LogP contribution in [0.4, 0.5) is 0 Å². The predicted molar refractivity (Wildman–Crippen MR) is 68.4 cm³/mol. The molecule has 1 fully saturated rings. The highest BCUT2D eigenvalue weighted by molar-refractivity contribution is 5.85. The van der Waals surface area contributed by atoms with Crippen molar-refractivity contribution in [1.82, 2.24) is 10.3 Å². The first-order chi connectivity index (χ1) is 9.08. The van der Waals surface area contributed by atoms with Gasteiger partial charge in [-0.25, -0.2) is 9.78 Å². The molecule has 0 spiro atoms. The number of hydrogen-bond donors (Lipinski definition) is 3. The highest BCUT2D eigenvalue weighted by atomic mass is 16.4. The monoisotopic (exact) mass is 263 g/mol. The van der Waals surface area contributed by atoms with Crippen LogP contribution in [0.2, 0.25) is 0 Å². The van der Waals surface area contributed by atoms with Crippen molar-refractivity contribution in [3.05, 3.63) is 29.6 Å². The standard InChI is InChI=1S/C13H17N3O3/c14-10-3-1-2-9(10)12(17)16-7-8-4-5-11(13(18)19)15-6-8/h4-6,9-10H,1-3,7,14H2,(H,16,17)(H,18,19). The number of aromatic carboxylic acids is 1. The second-order valence-electron chi connectivity index (χ2n) is 4.78. The number of pyridine rings is 1. The van der Waals surface area contributed by atoms with E-state index in [0.29, 0.717) is 6.54 Å². The smallest absolute Gasteiger partial charge is 0.354 e. The zero-order valence-corrected chi connectivity index (χ0v) is 10.5. The van der Waals surface area contributed by atoms with Gasteiger partial charge in [0.05, 0.1) is 5.92 Å². The van der Waals surface area contributed by atoms with E-state index in [1.54, 1.807) is 6.07 Å². The van der Waals surface area contributed by atoms with Crippen LogP contribution in [0.5, 0.6) is 0 Å². The van der Waals surface area contributed by atoms with E-state index >= 15 is 0 Å². The summed E-state index contributed by atoms with van der Waals surface area (Å²) in [6.07, 6.45) is 4.18. The molecule has 4 N–H and O–H groups in total. The van der Waals surface area contributed by atoms with Crippen molar-refractivity contribution in [2.24, 2.45) is 11.7 Å². The Labute approximate surface area is 111 Å². The van der Waals surface area contributed by atoms with Crippen molar-refractivity contribution in [3.63, 3.8) is 0 Å². The van der Waals surface area contributed by atoms with Gasteiger partial charge in [-0.15, -0.1) is 0 Å². The van der Waals surface area contributed by atoms with E-state index < -0.39 is 5.97 Å². The van der Waals surface area contributed by atoms with Gasteiger partial charge in [0.15, 0.2) is 0 Å². The molecule has 2 atom stereocenters. The molecule has 19 heavy (non-hydrogen) atoms. The number of carbonyl (C=O) groups is 2. The van der Waals surface area contributed by atoms with Crippen molar-refractivity contribution in [2.75, 3.05) is 0 Å². The second kappa shape index (κ2) is 5.79. The third-order valence-electron chi connectivity index (χ3n) is 3.42. The lowest BCUT2D eigenvalue weighted by Crippen LogP contribution is -2.38. The highest BCUT2D eigenvalue weighted by Crippen LogP contribution is 2.23. The van der Waals surface area contributed by atoms with Gasteiger partial charge in [0.25, 0.3) is 0 Å². The molecule has 1 aliphatic rings. The van der Waals surface area contributed by atoms with Crippen LogP contribution in [0, 0.1) is 5.92 Å². The first-order valence-corrected chi connectivity index (χ1v) is 6.29. The van der Waals surface area contributed by atoms with Gasteiger partial charge in [-0.3, -0.25) is 4.79 Å². The van der Waals surface area contributed by atoms with E-state index in [0.717, 1.165) is 24.8 Å². The van der Waals surface area contributed by atoms with Gasteiger partial charge in [-0.1, -0.05) is 12.5 Å². The van der Waals surface area contributed by atoms with Crippen LogP contribution in [0.1, 0.15) is 35.3 Å². The molecule has 6 nitrogen and oxygen atoms in total. The maximum absolute atomic E-state index is 11.9. The minimum Gasteiger partial charge on any atom is -0.477 e. The predicted octanol–water partition coefficient (Wildman–Crippen LogP) is 0.523. The summed E-state index contributed by atoms with van der Waals surface area (Å²) in [6, 6.07) is 3.02. The number of nitrogens with one attached hydrogen (secondary N) is 1. The third-order valence-corrected chi connectivity index (χ3v) is 3.42. The number of nitrogens with zero attached hydrogens (tertiary/aromatic N) is 1. The molecule has 0 aliphatic heterocycles. The molecule has 0 aromatic carbocycles. The highest BCUT2D eigenvalue weighted by Gasteiger charge is 2.29. The number of nitrogens with two attached hydrogens (primary N) is 1. The zero-order chi connectivity index (χ0) is 13.8. The lowest BCUT2D eigenvalue weighted by atomic mass is 10.0. The van der Waals surface area contributed by atoms with Crippen LogP contribution in [0.3, 0.4) is 0 Å². The van der Waals surface area contributed by atoms with Gasteiger partial charge in [-0.2, -0.15) is 0 Å². The van der Waals surface area contributed by atoms with Gasteiger partial charge >= 0.3 is 5.97 Å². The van der Waals surface area contributed by atoms with Crippen molar-refractivity contribution in [3.8, 4) is 0 Å². The molecule has 2 unspecified atom stereocenters. The Morgan fingerprint density at radius 3 is 2.74 bits per heavy atom. The van der Waals surface area contributed by atoms with E-state index in [1.807, 2.05) is 0 Å². The number of carboxylic acids is 1. The number of amides is 1. The Morgan fingerprint density at radius 1 is 1.42 bits per heavy atom. The average molecular weight is 263 g/mol. The summed E-state index contributed by atoms with van der Waals surface area (Å²) in [5.74, 6) is -1.20. The summed E-state index contributed by atoms with van der Waals surface area (Å²) in [4.78, 5) is 26.3. The van der Waals surface area contributed by atoms with Crippen molar-refractivity contribution in [1.29, 1.82) is 0 Å². The Bertz CT molecular complexity index is 473. The zero-order valence-electron chi connectivity index (χ0n) is 10.5. The largest absolute Gasteiger partial charge is 0.477 e. The van der Waals surface area contributed by atoms with E-state index in [-0.39, 0.29) is 23.6 Å². The van der Waals surface area contributed by atoms with Gasteiger partial charge in [0, 0.05) is 18.8 Å². The molecular formula is C13H17N3O3. The number of rotatable bonds is 4. The normalized spacial score (nSPS) is 22.2. The molecule has 0 bridgehead atoms. The van der Waals surface area contributed by atoms with Crippen LogP contribution >= 0.6 is 0 Å². The van der Waals surface area contributed by atoms with Crippen molar-refractivity contribution in [2.45, 2.75) is 31.8 Å². The molecule has 1 amide bonds. The SMILES string of the molecule is NC1CCCC1C(=O)NCc1ccc(C(=O)O)nc1. The third kappa shape index (κ3) is 3.29. The molecule has 6 heteroatoms. The maximum Gasteiger partial charge on any atom is 0.354 e. The molecule has 102 valence electrons. The molecular weight excluding hydrogens is 246 g/mol. The van der Waals surface area contributed by atoms with Gasteiger partial charge in [-0.05, 0) is 24.5 Å². The topological polar surface area (TPSA) is 105 Å². The van der Waals surface area contributed by atoms with Crippen LogP contribution in [-0.2, 0) is 11.3 Å². The van der Waals surface area contributed by atoms with Gasteiger partial charge in [0.2, 0.25) is 5.91 Å². The fraction of sp³-hybridized carbons (Fsp3) is 0.462. The van der Waals surface area contributed by atoms with Crippen LogP contribution in [0.25, 0.3) is 0 Å². The molecule has 1 aromatic rings. The lowest BCUT2D eigenvalue weighted by molar-refractivity contribution is -0.125. The van der Waals surface area contributed by atoms with Crippen LogP contribution in [-0.4, -0.2) is 28.0 Å². The molecule has 1 saturated carbocycles. The molecule has 0 saturated heterocycles. The van der Waals surface area contributed by atoms with E-state index in [2.05, 4.69) is 10.3 Å². The second-order valence-corrected chi connectivity index (χ2v) is 4.78. The number of carbonyl (C=O) groups excluding carboxylic acids is 1. The van der Waals surface area contributed by atoms with Crippen LogP contribution in [0.15, 0.2) is 18.3 Å². The molecule has 1 aliphatic carbocycles. The number of hydrogen-bond acceptors (Lipinski definition) is 4. The fourth-order valence-corrected chi connectivity index (χ4v) is 2.29. The first-order valence-electron chi connectivity index (χ1n) is 6.29. The minimum absolute atomic E-state index is 0.00658.